The zero-order valence-electron chi connectivity index (χ0n) is 13.6. The van der Waals surface area contributed by atoms with Crippen molar-refractivity contribution in [1.82, 2.24) is 20.4 Å². The van der Waals surface area contributed by atoms with E-state index in [9.17, 15) is 4.79 Å². The van der Waals surface area contributed by atoms with Crippen molar-refractivity contribution in [1.29, 1.82) is 0 Å². The van der Waals surface area contributed by atoms with Gasteiger partial charge in [0.05, 0.1) is 17.1 Å². The summed E-state index contributed by atoms with van der Waals surface area (Å²) in [6.07, 6.45) is 0. The molecule has 124 valence electrons. The lowest BCUT2D eigenvalue weighted by atomic mass is 10.0. The van der Waals surface area contributed by atoms with Crippen LogP contribution in [0.1, 0.15) is 20.9 Å². The van der Waals surface area contributed by atoms with Gasteiger partial charge in [0, 0.05) is 30.9 Å². The Kier molecular flexibility index (Phi) is 4.08. The maximum atomic E-state index is 12.4. The lowest BCUT2D eigenvalue weighted by Gasteiger charge is -2.26. The van der Waals surface area contributed by atoms with E-state index in [1.54, 1.807) is 0 Å². The Bertz CT molecular complexity index is 864. The highest BCUT2D eigenvalue weighted by Crippen LogP contribution is 2.28. The number of carbonyl (C=O) groups excluding carboxylic acids is 1. The highest BCUT2D eigenvalue weighted by molar-refractivity contribution is 7.20. The predicted molar refractivity (Wildman–Crippen MR) is 96.6 cm³/mol. The summed E-state index contributed by atoms with van der Waals surface area (Å²) in [5, 5.41) is 12.0. The van der Waals surface area contributed by atoms with Gasteiger partial charge >= 0.3 is 0 Å². The van der Waals surface area contributed by atoms with E-state index in [1.807, 2.05) is 35.9 Å². The van der Waals surface area contributed by atoms with Gasteiger partial charge in [-0.3, -0.25) is 9.48 Å². The molecule has 0 saturated carbocycles. The van der Waals surface area contributed by atoms with E-state index in [2.05, 4.69) is 27.9 Å². The highest BCUT2D eigenvalue weighted by Gasteiger charge is 2.20. The van der Waals surface area contributed by atoms with Crippen molar-refractivity contribution < 1.29 is 4.79 Å². The van der Waals surface area contributed by atoms with E-state index >= 15 is 0 Å². The first kappa shape index (κ1) is 15.4. The molecule has 1 saturated heterocycles. The normalized spacial score (nSPS) is 14.7. The first-order valence-electron chi connectivity index (χ1n) is 8.20. The number of fused-ring (bicyclic) bond motifs is 1. The minimum absolute atomic E-state index is 0.0220. The van der Waals surface area contributed by atoms with Crippen LogP contribution in [0.3, 0.4) is 0 Å². The van der Waals surface area contributed by atoms with Crippen LogP contribution in [0.5, 0.6) is 0 Å². The van der Waals surface area contributed by atoms with Crippen LogP contribution in [-0.4, -0.2) is 35.3 Å². The standard InChI is InChI=1S/C18H20N4OS/c1-12-15-7-16(17(23)20-10-14-8-19-9-14)24-18(15)22(21-12)11-13-5-3-2-4-6-13/h2-7,14,19H,8-11H2,1H3,(H,20,23). The smallest absolute Gasteiger partial charge is 0.261 e. The van der Waals surface area contributed by atoms with Crippen LogP contribution < -0.4 is 10.6 Å². The highest BCUT2D eigenvalue weighted by atomic mass is 32.1. The van der Waals surface area contributed by atoms with E-state index in [1.165, 1.54) is 16.9 Å². The van der Waals surface area contributed by atoms with Gasteiger partial charge in [-0.15, -0.1) is 11.3 Å². The zero-order chi connectivity index (χ0) is 16.5. The largest absolute Gasteiger partial charge is 0.351 e. The van der Waals surface area contributed by atoms with E-state index in [4.69, 9.17) is 0 Å². The Morgan fingerprint density at radius 3 is 2.88 bits per heavy atom. The third-order valence-electron chi connectivity index (χ3n) is 4.42. The summed E-state index contributed by atoms with van der Waals surface area (Å²) in [6, 6.07) is 12.2. The van der Waals surface area contributed by atoms with Gasteiger partial charge in [-0.1, -0.05) is 30.3 Å². The number of rotatable bonds is 5. The second-order valence-electron chi connectivity index (χ2n) is 6.29. The third-order valence-corrected chi connectivity index (χ3v) is 5.57. The summed E-state index contributed by atoms with van der Waals surface area (Å²) in [5.41, 5.74) is 2.18. The summed E-state index contributed by atoms with van der Waals surface area (Å²) < 4.78 is 2.00. The molecule has 5 nitrogen and oxygen atoms in total. The maximum Gasteiger partial charge on any atom is 0.261 e. The molecular weight excluding hydrogens is 320 g/mol. The number of hydrogen-bond donors (Lipinski definition) is 2. The number of nitrogens with one attached hydrogen (secondary N) is 2. The van der Waals surface area contributed by atoms with Crippen molar-refractivity contribution in [2.24, 2.45) is 5.92 Å². The molecule has 0 atom stereocenters. The van der Waals surface area contributed by atoms with Crippen LogP contribution in [0.2, 0.25) is 0 Å². The molecule has 3 heterocycles. The van der Waals surface area contributed by atoms with E-state index in [-0.39, 0.29) is 5.91 Å². The fourth-order valence-electron chi connectivity index (χ4n) is 2.91. The van der Waals surface area contributed by atoms with Gasteiger partial charge in [-0.25, -0.2) is 0 Å². The molecular formula is C18H20N4OS. The molecule has 3 aromatic rings. The average molecular weight is 340 g/mol. The lowest BCUT2D eigenvalue weighted by Crippen LogP contribution is -2.48. The Hall–Kier alpha value is -2.18. The SMILES string of the molecule is Cc1nn(Cc2ccccc2)c2sc(C(=O)NCC3CNC3)cc12. The second kappa shape index (κ2) is 6.37. The van der Waals surface area contributed by atoms with Crippen molar-refractivity contribution in [3.63, 3.8) is 0 Å². The molecule has 1 aliphatic heterocycles. The summed E-state index contributed by atoms with van der Waals surface area (Å²) in [4.78, 5) is 14.2. The Balaban J connectivity index is 1.55. The van der Waals surface area contributed by atoms with Gasteiger partial charge in [0.15, 0.2) is 0 Å². The predicted octanol–water partition coefficient (Wildman–Crippen LogP) is 2.40. The molecule has 6 heteroatoms. The van der Waals surface area contributed by atoms with Crippen LogP contribution in [0.25, 0.3) is 10.2 Å². The number of carbonyl (C=O) groups is 1. The van der Waals surface area contributed by atoms with Crippen molar-refractivity contribution in [2.75, 3.05) is 19.6 Å². The summed E-state index contributed by atoms with van der Waals surface area (Å²) >= 11 is 1.52. The van der Waals surface area contributed by atoms with Crippen LogP contribution in [0.4, 0.5) is 0 Å². The third kappa shape index (κ3) is 2.95. The molecule has 0 bridgehead atoms. The van der Waals surface area contributed by atoms with Gasteiger partial charge in [-0.2, -0.15) is 5.10 Å². The molecule has 0 radical (unpaired) electrons. The van der Waals surface area contributed by atoms with Gasteiger partial charge in [-0.05, 0) is 18.6 Å². The van der Waals surface area contributed by atoms with Crippen molar-refractivity contribution >= 4 is 27.5 Å². The minimum Gasteiger partial charge on any atom is -0.351 e. The lowest BCUT2D eigenvalue weighted by molar-refractivity contribution is 0.0946. The number of aryl methyl sites for hydroxylation is 1. The van der Waals surface area contributed by atoms with Crippen LogP contribution in [0, 0.1) is 12.8 Å². The molecule has 0 spiro atoms. The Morgan fingerprint density at radius 2 is 2.17 bits per heavy atom. The van der Waals surface area contributed by atoms with Gasteiger partial charge in [0.25, 0.3) is 5.91 Å². The maximum absolute atomic E-state index is 12.4. The number of aromatic nitrogens is 2. The fraction of sp³-hybridized carbons (Fsp3) is 0.333. The number of hydrogen-bond acceptors (Lipinski definition) is 4. The first-order chi connectivity index (χ1) is 11.7. The molecule has 0 aliphatic carbocycles. The molecule has 24 heavy (non-hydrogen) atoms. The topological polar surface area (TPSA) is 59.0 Å². The van der Waals surface area contributed by atoms with E-state index in [0.717, 1.165) is 47.0 Å². The second-order valence-corrected chi connectivity index (χ2v) is 7.32. The van der Waals surface area contributed by atoms with Crippen molar-refractivity contribution in [3.05, 3.63) is 52.5 Å². The van der Waals surface area contributed by atoms with Crippen LogP contribution >= 0.6 is 11.3 Å². The summed E-state index contributed by atoms with van der Waals surface area (Å²) in [6.45, 7) is 5.46. The number of amides is 1. The molecule has 2 N–H and O–H groups in total. The molecule has 2 aromatic heterocycles. The molecule has 1 aromatic carbocycles. The number of nitrogens with zero attached hydrogens (tertiary/aromatic N) is 2. The van der Waals surface area contributed by atoms with Crippen LogP contribution in [0.15, 0.2) is 36.4 Å². The van der Waals surface area contributed by atoms with Crippen LogP contribution in [-0.2, 0) is 6.54 Å². The van der Waals surface area contributed by atoms with Crippen molar-refractivity contribution in [3.8, 4) is 0 Å². The van der Waals surface area contributed by atoms with Crippen molar-refractivity contribution in [2.45, 2.75) is 13.5 Å². The molecule has 1 amide bonds. The Labute approximate surface area is 144 Å². The molecule has 0 unspecified atom stereocenters. The fourth-order valence-corrected chi connectivity index (χ4v) is 3.98. The Morgan fingerprint density at radius 1 is 1.38 bits per heavy atom. The number of thiophene rings is 1. The average Bonchev–Trinajstić information content (AvgIpc) is 3.09. The summed E-state index contributed by atoms with van der Waals surface area (Å²) in [7, 11) is 0. The zero-order valence-corrected chi connectivity index (χ0v) is 14.4. The van der Waals surface area contributed by atoms with E-state index in [0.29, 0.717) is 5.92 Å². The summed E-state index contributed by atoms with van der Waals surface area (Å²) in [5.74, 6) is 0.590. The van der Waals surface area contributed by atoms with E-state index < -0.39 is 0 Å². The quantitative estimate of drug-likeness (QED) is 0.750. The van der Waals surface area contributed by atoms with Gasteiger partial charge in [0.2, 0.25) is 0 Å². The first-order valence-corrected chi connectivity index (χ1v) is 9.02. The minimum atomic E-state index is 0.0220. The number of benzene rings is 1. The molecule has 1 aliphatic rings. The van der Waals surface area contributed by atoms with Gasteiger partial charge in [0.1, 0.15) is 4.83 Å². The molecule has 1 fully saturated rings. The van der Waals surface area contributed by atoms with Gasteiger partial charge < -0.3 is 10.6 Å². The molecule has 4 rings (SSSR count). The monoisotopic (exact) mass is 340 g/mol.